The van der Waals surface area contributed by atoms with Crippen LogP contribution < -0.4 is 0 Å². The summed E-state index contributed by atoms with van der Waals surface area (Å²) in [5.74, 6) is -1.39. The maximum Gasteiger partial charge on any atom is 0.327 e. The van der Waals surface area contributed by atoms with Crippen LogP contribution >= 0.6 is 11.8 Å². The number of nitrogens with zero attached hydrogens (tertiary/aromatic N) is 1. The van der Waals surface area contributed by atoms with Gasteiger partial charge in [-0.25, -0.2) is 9.18 Å². The van der Waals surface area contributed by atoms with Crippen molar-refractivity contribution in [3.63, 3.8) is 0 Å². The highest BCUT2D eigenvalue weighted by Gasteiger charge is 2.40. The normalized spacial score (nSPS) is 22.0. The number of aliphatic carboxylic acids is 1. The predicted octanol–water partition coefficient (Wildman–Crippen LogP) is 2.13. The second kappa shape index (κ2) is 6.26. The average molecular weight is 297 g/mol. The minimum atomic E-state index is -1.00. The van der Waals surface area contributed by atoms with E-state index in [2.05, 4.69) is 0 Å². The Hall–Kier alpha value is -1.56. The third-order valence-electron chi connectivity index (χ3n) is 3.31. The number of amides is 1. The Labute approximate surface area is 121 Å². The Balaban J connectivity index is 2.17. The van der Waals surface area contributed by atoms with Gasteiger partial charge in [0.2, 0.25) is 5.91 Å². The number of carboxylic acids is 1. The molecule has 0 radical (unpaired) electrons. The van der Waals surface area contributed by atoms with Gasteiger partial charge in [-0.05, 0) is 18.1 Å². The van der Waals surface area contributed by atoms with Crippen molar-refractivity contribution in [3.8, 4) is 0 Å². The molecule has 1 N–H and O–H groups in total. The van der Waals surface area contributed by atoms with Gasteiger partial charge in [-0.1, -0.05) is 25.1 Å². The van der Waals surface area contributed by atoms with Crippen molar-refractivity contribution in [2.75, 3.05) is 5.75 Å². The molecule has 1 aliphatic rings. The fourth-order valence-electron chi connectivity index (χ4n) is 2.30. The Morgan fingerprint density at radius 1 is 1.45 bits per heavy atom. The summed E-state index contributed by atoms with van der Waals surface area (Å²) in [5, 5.41) is 9.04. The number of hydrogen-bond acceptors (Lipinski definition) is 3. The summed E-state index contributed by atoms with van der Waals surface area (Å²) >= 11 is 1.46. The van der Waals surface area contributed by atoms with E-state index in [1.165, 1.54) is 22.7 Å². The van der Waals surface area contributed by atoms with Crippen LogP contribution in [0.1, 0.15) is 18.9 Å². The highest BCUT2D eigenvalue weighted by atomic mass is 32.2. The number of hydrogen-bond donors (Lipinski definition) is 1. The maximum absolute atomic E-state index is 13.6. The van der Waals surface area contributed by atoms with Crippen LogP contribution in [0.5, 0.6) is 0 Å². The Morgan fingerprint density at radius 2 is 2.15 bits per heavy atom. The largest absolute Gasteiger partial charge is 0.480 e. The molecule has 0 aliphatic carbocycles. The van der Waals surface area contributed by atoms with Gasteiger partial charge >= 0.3 is 5.97 Å². The molecule has 0 aromatic heterocycles. The van der Waals surface area contributed by atoms with E-state index >= 15 is 0 Å². The van der Waals surface area contributed by atoms with E-state index in [1.807, 2.05) is 6.92 Å². The Kier molecular flexibility index (Phi) is 4.65. The van der Waals surface area contributed by atoms with E-state index in [0.717, 1.165) is 0 Å². The lowest BCUT2D eigenvalue weighted by atomic mass is 10.1. The molecule has 20 heavy (non-hydrogen) atoms. The van der Waals surface area contributed by atoms with Crippen LogP contribution in [-0.2, 0) is 16.0 Å². The summed E-state index contributed by atoms with van der Waals surface area (Å²) in [7, 11) is 0. The van der Waals surface area contributed by atoms with E-state index in [4.69, 9.17) is 0 Å². The molecule has 1 saturated heterocycles. The van der Waals surface area contributed by atoms with Gasteiger partial charge in [0.25, 0.3) is 0 Å². The zero-order chi connectivity index (χ0) is 14.7. The van der Waals surface area contributed by atoms with Crippen LogP contribution in [0.2, 0.25) is 0 Å². The molecule has 1 fully saturated rings. The molecule has 0 spiro atoms. The van der Waals surface area contributed by atoms with Crippen molar-refractivity contribution in [1.29, 1.82) is 0 Å². The summed E-state index contributed by atoms with van der Waals surface area (Å²) in [6, 6.07) is 5.25. The zero-order valence-electron chi connectivity index (χ0n) is 11.1. The van der Waals surface area contributed by atoms with E-state index < -0.39 is 17.8 Å². The van der Waals surface area contributed by atoms with Gasteiger partial charge in [-0.15, -0.1) is 11.8 Å². The molecule has 1 aromatic carbocycles. The summed E-state index contributed by atoms with van der Waals surface area (Å²) < 4.78 is 13.6. The molecule has 4 nitrogen and oxygen atoms in total. The monoisotopic (exact) mass is 297 g/mol. The number of carbonyl (C=O) groups is 2. The molecule has 0 bridgehead atoms. The number of carbonyl (C=O) groups excluding carboxylic acids is 1. The van der Waals surface area contributed by atoms with Crippen LogP contribution in [0, 0.1) is 5.82 Å². The van der Waals surface area contributed by atoms with Crippen molar-refractivity contribution in [2.45, 2.75) is 31.2 Å². The topological polar surface area (TPSA) is 57.6 Å². The molecule has 0 saturated carbocycles. The first-order valence-corrected chi connectivity index (χ1v) is 7.48. The van der Waals surface area contributed by atoms with Gasteiger partial charge in [0.1, 0.15) is 11.9 Å². The van der Waals surface area contributed by atoms with Crippen LogP contribution in [0.25, 0.3) is 0 Å². The molecule has 1 amide bonds. The van der Waals surface area contributed by atoms with Crippen molar-refractivity contribution in [2.24, 2.45) is 0 Å². The third-order valence-corrected chi connectivity index (χ3v) is 4.77. The first kappa shape index (κ1) is 14.8. The Morgan fingerprint density at radius 3 is 2.75 bits per heavy atom. The van der Waals surface area contributed by atoms with E-state index in [0.29, 0.717) is 17.7 Å². The molecule has 1 aromatic rings. The van der Waals surface area contributed by atoms with Crippen LogP contribution in [0.3, 0.4) is 0 Å². The van der Waals surface area contributed by atoms with E-state index in [1.54, 1.807) is 18.2 Å². The Bertz CT molecular complexity index is 523. The average Bonchev–Trinajstić information content (AvgIpc) is 2.85. The fourth-order valence-corrected chi connectivity index (χ4v) is 3.67. The first-order chi connectivity index (χ1) is 9.54. The molecule has 2 atom stereocenters. The predicted molar refractivity (Wildman–Crippen MR) is 74.9 cm³/mol. The van der Waals surface area contributed by atoms with Crippen LogP contribution in [0.15, 0.2) is 24.3 Å². The number of carboxylic acid groups (broad SMARTS) is 1. The van der Waals surface area contributed by atoms with E-state index in [-0.39, 0.29) is 17.7 Å². The number of thioether (sulfide) groups is 1. The molecule has 2 unspecified atom stereocenters. The van der Waals surface area contributed by atoms with Gasteiger partial charge in [-0.3, -0.25) is 4.79 Å². The van der Waals surface area contributed by atoms with Crippen molar-refractivity contribution in [1.82, 2.24) is 4.90 Å². The third kappa shape index (κ3) is 2.95. The first-order valence-electron chi connectivity index (χ1n) is 6.43. The lowest BCUT2D eigenvalue weighted by molar-refractivity contribution is -0.148. The lowest BCUT2D eigenvalue weighted by Crippen LogP contribution is -2.46. The molecule has 108 valence electrons. The molecule has 1 aliphatic heterocycles. The van der Waals surface area contributed by atoms with Crippen LogP contribution in [-0.4, -0.2) is 39.1 Å². The second-order valence-corrected chi connectivity index (χ2v) is 5.83. The number of rotatable bonds is 4. The van der Waals surface area contributed by atoms with Crippen LogP contribution in [0.4, 0.5) is 4.39 Å². The van der Waals surface area contributed by atoms with Gasteiger partial charge in [0, 0.05) is 5.75 Å². The minimum absolute atomic E-state index is 0.104. The second-order valence-electron chi connectivity index (χ2n) is 4.62. The SMILES string of the molecule is CCC1SCC(C(=O)O)N1C(=O)Cc1ccccc1F. The molecule has 1 heterocycles. The maximum atomic E-state index is 13.6. The van der Waals surface area contributed by atoms with Gasteiger partial charge in [-0.2, -0.15) is 0 Å². The lowest BCUT2D eigenvalue weighted by Gasteiger charge is -2.26. The quantitative estimate of drug-likeness (QED) is 0.925. The minimum Gasteiger partial charge on any atom is -0.480 e. The van der Waals surface area contributed by atoms with Gasteiger partial charge < -0.3 is 10.0 Å². The summed E-state index contributed by atoms with van der Waals surface area (Å²) in [6.45, 7) is 1.91. The summed E-state index contributed by atoms with van der Waals surface area (Å²) in [4.78, 5) is 24.9. The fraction of sp³-hybridized carbons (Fsp3) is 0.429. The molecule has 2 rings (SSSR count). The molecular weight excluding hydrogens is 281 g/mol. The standard InChI is InChI=1S/C14H16FNO3S/c1-2-13-16(11(8-20-13)14(18)19)12(17)7-9-5-3-4-6-10(9)15/h3-6,11,13H,2,7-8H2,1H3,(H,18,19). The smallest absolute Gasteiger partial charge is 0.327 e. The highest BCUT2D eigenvalue weighted by molar-refractivity contribution is 8.00. The van der Waals surface area contributed by atoms with Crippen molar-refractivity contribution >= 4 is 23.6 Å². The van der Waals surface area contributed by atoms with E-state index in [9.17, 15) is 19.1 Å². The molecule has 6 heteroatoms. The summed E-state index contributed by atoms with van der Waals surface area (Å²) in [5.41, 5.74) is 0.299. The zero-order valence-corrected chi connectivity index (χ0v) is 11.9. The number of benzene rings is 1. The molecular formula is C14H16FNO3S. The van der Waals surface area contributed by atoms with Gasteiger partial charge in [0.05, 0.1) is 11.8 Å². The highest BCUT2D eigenvalue weighted by Crippen LogP contribution is 2.32. The summed E-state index contributed by atoms with van der Waals surface area (Å²) in [6.07, 6.45) is 0.574. The van der Waals surface area contributed by atoms with Crippen molar-refractivity contribution in [3.05, 3.63) is 35.6 Å². The van der Waals surface area contributed by atoms with Gasteiger partial charge in [0.15, 0.2) is 0 Å². The number of halogens is 1. The van der Waals surface area contributed by atoms with Crippen molar-refractivity contribution < 1.29 is 19.1 Å².